The lowest BCUT2D eigenvalue weighted by Crippen LogP contribution is -2.38. The fourth-order valence-corrected chi connectivity index (χ4v) is 2.73. The number of nitrogens with zero attached hydrogens (tertiary/aromatic N) is 1. The Balaban J connectivity index is 2.07. The SMILES string of the molecule is COCCN1CC(NC(C)=O)C(c2ccccc2)C1. The second kappa shape index (κ2) is 6.68. The van der Waals surface area contributed by atoms with Gasteiger partial charge in [0.1, 0.15) is 0 Å². The number of carbonyl (C=O) groups is 1. The highest BCUT2D eigenvalue weighted by molar-refractivity contribution is 5.73. The van der Waals surface area contributed by atoms with Crippen molar-refractivity contribution in [1.29, 1.82) is 0 Å². The van der Waals surface area contributed by atoms with E-state index >= 15 is 0 Å². The quantitative estimate of drug-likeness (QED) is 0.868. The van der Waals surface area contributed by atoms with E-state index < -0.39 is 0 Å². The van der Waals surface area contributed by atoms with Crippen molar-refractivity contribution in [3.63, 3.8) is 0 Å². The molecule has 0 bridgehead atoms. The molecule has 2 unspecified atom stereocenters. The molecule has 1 heterocycles. The molecule has 0 saturated carbocycles. The fraction of sp³-hybridized carbons (Fsp3) is 0.533. The maximum Gasteiger partial charge on any atom is 0.217 e. The maximum atomic E-state index is 11.3. The molecule has 0 spiro atoms. The Bertz CT molecular complexity index is 408. The van der Waals surface area contributed by atoms with E-state index in [0.717, 1.165) is 26.2 Å². The van der Waals surface area contributed by atoms with Gasteiger partial charge in [-0.25, -0.2) is 0 Å². The molecular formula is C15H22N2O2. The zero-order valence-electron chi connectivity index (χ0n) is 11.6. The smallest absolute Gasteiger partial charge is 0.217 e. The summed E-state index contributed by atoms with van der Waals surface area (Å²) in [6.45, 7) is 5.09. The number of nitrogens with one attached hydrogen (secondary N) is 1. The first-order chi connectivity index (χ1) is 9.20. The van der Waals surface area contributed by atoms with E-state index in [4.69, 9.17) is 4.74 Å². The number of hydrogen-bond acceptors (Lipinski definition) is 3. The Hall–Kier alpha value is -1.39. The Morgan fingerprint density at radius 3 is 2.74 bits per heavy atom. The summed E-state index contributed by atoms with van der Waals surface area (Å²) in [4.78, 5) is 13.7. The normalized spacial score (nSPS) is 23.5. The molecule has 0 aromatic heterocycles. The summed E-state index contributed by atoms with van der Waals surface area (Å²) < 4.78 is 5.13. The summed E-state index contributed by atoms with van der Waals surface area (Å²) in [7, 11) is 1.72. The van der Waals surface area contributed by atoms with Crippen LogP contribution in [0.3, 0.4) is 0 Å². The standard InChI is InChI=1S/C15H22N2O2/c1-12(18)16-15-11-17(8-9-19-2)10-14(15)13-6-4-3-5-7-13/h3-7,14-15H,8-11H2,1-2H3,(H,16,18). The number of carbonyl (C=O) groups excluding carboxylic acids is 1. The van der Waals surface area contributed by atoms with Gasteiger partial charge in [0.2, 0.25) is 5.91 Å². The molecular weight excluding hydrogens is 240 g/mol. The molecule has 104 valence electrons. The third-order valence-electron chi connectivity index (χ3n) is 3.62. The molecule has 2 atom stereocenters. The van der Waals surface area contributed by atoms with Gasteiger partial charge < -0.3 is 10.1 Å². The summed E-state index contributed by atoms with van der Waals surface area (Å²) in [6, 6.07) is 10.6. The summed E-state index contributed by atoms with van der Waals surface area (Å²) in [6.07, 6.45) is 0. The van der Waals surface area contributed by atoms with Crippen molar-refractivity contribution in [3.8, 4) is 0 Å². The summed E-state index contributed by atoms with van der Waals surface area (Å²) >= 11 is 0. The van der Waals surface area contributed by atoms with Crippen LogP contribution in [-0.2, 0) is 9.53 Å². The van der Waals surface area contributed by atoms with Gasteiger partial charge >= 0.3 is 0 Å². The monoisotopic (exact) mass is 262 g/mol. The van der Waals surface area contributed by atoms with Gasteiger partial charge in [-0.15, -0.1) is 0 Å². The average Bonchev–Trinajstić information content (AvgIpc) is 2.79. The van der Waals surface area contributed by atoms with Crippen LogP contribution >= 0.6 is 0 Å². The number of rotatable bonds is 5. The zero-order valence-corrected chi connectivity index (χ0v) is 11.6. The molecule has 0 aliphatic carbocycles. The molecule has 1 N–H and O–H groups in total. The van der Waals surface area contributed by atoms with Gasteiger partial charge in [-0.3, -0.25) is 9.69 Å². The Morgan fingerprint density at radius 1 is 1.37 bits per heavy atom. The summed E-state index contributed by atoms with van der Waals surface area (Å²) in [5.74, 6) is 0.404. The van der Waals surface area contributed by atoms with E-state index in [1.54, 1.807) is 14.0 Å². The summed E-state index contributed by atoms with van der Waals surface area (Å²) in [5, 5.41) is 3.08. The van der Waals surface area contributed by atoms with Crippen LogP contribution in [0.15, 0.2) is 30.3 Å². The number of hydrogen-bond donors (Lipinski definition) is 1. The Kier molecular flexibility index (Phi) is 4.93. The first-order valence-electron chi connectivity index (χ1n) is 6.74. The van der Waals surface area contributed by atoms with Crippen molar-refractivity contribution in [3.05, 3.63) is 35.9 Å². The maximum absolute atomic E-state index is 11.3. The fourth-order valence-electron chi connectivity index (χ4n) is 2.73. The van der Waals surface area contributed by atoms with Crippen LogP contribution in [0.4, 0.5) is 0 Å². The van der Waals surface area contributed by atoms with Gasteiger partial charge in [0.15, 0.2) is 0 Å². The minimum absolute atomic E-state index is 0.0412. The highest BCUT2D eigenvalue weighted by atomic mass is 16.5. The zero-order chi connectivity index (χ0) is 13.7. The molecule has 1 saturated heterocycles. The van der Waals surface area contributed by atoms with Crippen LogP contribution in [0.1, 0.15) is 18.4 Å². The van der Waals surface area contributed by atoms with E-state index in [0.29, 0.717) is 5.92 Å². The van der Waals surface area contributed by atoms with Gasteiger partial charge in [0, 0.05) is 45.6 Å². The number of benzene rings is 1. The lowest BCUT2D eigenvalue weighted by atomic mass is 9.94. The van der Waals surface area contributed by atoms with Crippen LogP contribution in [0, 0.1) is 0 Å². The molecule has 2 rings (SSSR count). The van der Waals surface area contributed by atoms with Crippen LogP contribution in [-0.4, -0.2) is 50.2 Å². The molecule has 1 aliphatic heterocycles. The topological polar surface area (TPSA) is 41.6 Å². The van der Waals surface area contributed by atoms with Crippen molar-refractivity contribution in [2.45, 2.75) is 18.9 Å². The van der Waals surface area contributed by atoms with E-state index in [1.807, 2.05) is 6.07 Å². The van der Waals surface area contributed by atoms with Crippen molar-refractivity contribution < 1.29 is 9.53 Å². The minimum Gasteiger partial charge on any atom is -0.383 e. The van der Waals surface area contributed by atoms with Crippen LogP contribution in [0.2, 0.25) is 0 Å². The predicted molar refractivity (Wildman–Crippen MR) is 75.1 cm³/mol. The second-order valence-electron chi connectivity index (χ2n) is 5.08. The van der Waals surface area contributed by atoms with Gasteiger partial charge in [0.25, 0.3) is 0 Å². The van der Waals surface area contributed by atoms with Crippen molar-refractivity contribution in [2.75, 3.05) is 33.4 Å². The van der Waals surface area contributed by atoms with Crippen molar-refractivity contribution in [2.24, 2.45) is 0 Å². The molecule has 4 heteroatoms. The van der Waals surface area contributed by atoms with Gasteiger partial charge in [-0.1, -0.05) is 30.3 Å². The minimum atomic E-state index is 0.0412. The molecule has 19 heavy (non-hydrogen) atoms. The number of ether oxygens (including phenoxy) is 1. The second-order valence-corrected chi connectivity index (χ2v) is 5.08. The highest BCUT2D eigenvalue weighted by Gasteiger charge is 2.33. The Morgan fingerprint density at radius 2 is 2.11 bits per heavy atom. The van der Waals surface area contributed by atoms with Crippen LogP contribution < -0.4 is 5.32 Å². The number of likely N-dealkylation sites (tertiary alicyclic amines) is 1. The molecule has 1 amide bonds. The van der Waals surface area contributed by atoms with E-state index in [2.05, 4.69) is 34.5 Å². The van der Waals surface area contributed by atoms with Gasteiger partial charge in [-0.05, 0) is 5.56 Å². The largest absolute Gasteiger partial charge is 0.383 e. The molecule has 1 aliphatic rings. The molecule has 1 fully saturated rings. The molecule has 1 aromatic rings. The molecule has 1 aromatic carbocycles. The number of methoxy groups -OCH3 is 1. The number of amides is 1. The first-order valence-corrected chi connectivity index (χ1v) is 6.74. The van der Waals surface area contributed by atoms with Crippen molar-refractivity contribution >= 4 is 5.91 Å². The van der Waals surface area contributed by atoms with Gasteiger partial charge in [-0.2, -0.15) is 0 Å². The predicted octanol–water partition coefficient (Wildman–Crippen LogP) is 1.24. The Labute approximate surface area is 114 Å². The third kappa shape index (κ3) is 3.78. The van der Waals surface area contributed by atoms with Crippen molar-refractivity contribution in [1.82, 2.24) is 10.2 Å². The van der Waals surface area contributed by atoms with E-state index in [1.165, 1.54) is 5.56 Å². The molecule has 4 nitrogen and oxygen atoms in total. The van der Waals surface area contributed by atoms with Crippen LogP contribution in [0.25, 0.3) is 0 Å². The van der Waals surface area contributed by atoms with E-state index in [9.17, 15) is 4.79 Å². The lowest BCUT2D eigenvalue weighted by molar-refractivity contribution is -0.119. The van der Waals surface area contributed by atoms with E-state index in [-0.39, 0.29) is 11.9 Å². The van der Waals surface area contributed by atoms with Gasteiger partial charge in [0.05, 0.1) is 6.61 Å². The molecule has 0 radical (unpaired) electrons. The first kappa shape index (κ1) is 14.0. The highest BCUT2D eigenvalue weighted by Crippen LogP contribution is 2.27. The average molecular weight is 262 g/mol. The third-order valence-corrected chi connectivity index (χ3v) is 3.62. The lowest BCUT2D eigenvalue weighted by Gasteiger charge is -2.19. The van der Waals surface area contributed by atoms with Crippen LogP contribution in [0.5, 0.6) is 0 Å². The summed E-state index contributed by atoms with van der Waals surface area (Å²) in [5.41, 5.74) is 1.29.